The van der Waals surface area contributed by atoms with Crippen LogP contribution in [0.4, 0.5) is 19.0 Å². The molecule has 2 aromatic carbocycles. The molecule has 4 nitrogen and oxygen atoms in total. The zero-order valence-electron chi connectivity index (χ0n) is 16.0. The summed E-state index contributed by atoms with van der Waals surface area (Å²) >= 11 is 0. The normalized spacial score (nSPS) is 12.0. The Kier molecular flexibility index (Phi) is 5.45. The second kappa shape index (κ2) is 7.66. The first-order valence-electron chi connectivity index (χ1n) is 9.12. The van der Waals surface area contributed by atoms with E-state index in [-0.39, 0.29) is 5.52 Å². The lowest BCUT2D eigenvalue weighted by Gasteiger charge is -2.17. The molecule has 0 radical (unpaired) electrons. The maximum Gasteiger partial charge on any atom is 0.416 e. The Balaban J connectivity index is 2.26. The molecular formula is C21H22F3N3O. The Labute approximate surface area is 161 Å². The number of aromatic nitrogens is 2. The van der Waals surface area contributed by atoms with Gasteiger partial charge in [0.15, 0.2) is 0 Å². The smallest absolute Gasteiger partial charge is 0.369 e. The minimum atomic E-state index is -4.50. The molecule has 0 amide bonds. The molecule has 148 valence electrons. The molecule has 0 saturated carbocycles. The van der Waals surface area contributed by atoms with Crippen LogP contribution in [0.5, 0.6) is 0 Å². The summed E-state index contributed by atoms with van der Waals surface area (Å²) in [5.74, 6) is 0.752. The number of aryl methyl sites for hydroxylation is 1. The van der Waals surface area contributed by atoms with Crippen LogP contribution in [0.15, 0.2) is 47.3 Å². The predicted molar refractivity (Wildman–Crippen MR) is 105 cm³/mol. The highest BCUT2D eigenvalue weighted by atomic mass is 19.4. The lowest BCUT2D eigenvalue weighted by molar-refractivity contribution is -0.137. The molecule has 0 fully saturated rings. The van der Waals surface area contributed by atoms with Crippen molar-refractivity contribution < 1.29 is 13.2 Å². The molecule has 3 rings (SSSR count). The Bertz CT molecular complexity index is 1050. The van der Waals surface area contributed by atoms with Gasteiger partial charge in [-0.1, -0.05) is 32.0 Å². The van der Waals surface area contributed by atoms with Crippen LogP contribution in [0, 0.1) is 12.8 Å². The van der Waals surface area contributed by atoms with Gasteiger partial charge in [-0.15, -0.1) is 0 Å². The predicted octanol–water partition coefficient (Wildman–Crippen LogP) is 5.17. The lowest BCUT2D eigenvalue weighted by atomic mass is 10.1. The molecule has 0 saturated heterocycles. The minimum Gasteiger partial charge on any atom is -0.369 e. The summed E-state index contributed by atoms with van der Waals surface area (Å²) in [4.78, 5) is 16.9. The van der Waals surface area contributed by atoms with Gasteiger partial charge in [-0.05, 0) is 49.1 Å². The van der Waals surface area contributed by atoms with E-state index in [1.54, 1.807) is 25.1 Å². The van der Waals surface area contributed by atoms with Gasteiger partial charge in [0.05, 0.1) is 16.8 Å². The molecule has 1 N–H and O–H groups in total. The van der Waals surface area contributed by atoms with E-state index >= 15 is 0 Å². The Morgan fingerprint density at radius 3 is 2.50 bits per heavy atom. The van der Waals surface area contributed by atoms with Gasteiger partial charge in [-0.2, -0.15) is 18.2 Å². The van der Waals surface area contributed by atoms with E-state index in [0.717, 1.165) is 24.1 Å². The maximum atomic E-state index is 13.3. The van der Waals surface area contributed by atoms with Gasteiger partial charge in [-0.25, -0.2) is 4.79 Å². The fourth-order valence-electron chi connectivity index (χ4n) is 3.06. The van der Waals surface area contributed by atoms with Gasteiger partial charge < -0.3 is 5.32 Å². The fourth-order valence-corrected chi connectivity index (χ4v) is 3.06. The monoisotopic (exact) mass is 389 g/mol. The zero-order valence-corrected chi connectivity index (χ0v) is 16.0. The van der Waals surface area contributed by atoms with Gasteiger partial charge in [0.2, 0.25) is 0 Å². The third-order valence-electron chi connectivity index (χ3n) is 4.59. The molecule has 0 aliphatic carbocycles. The molecule has 0 spiro atoms. The van der Waals surface area contributed by atoms with E-state index in [1.165, 1.54) is 10.6 Å². The third-order valence-corrected chi connectivity index (χ3v) is 4.59. The molecule has 0 unspecified atom stereocenters. The van der Waals surface area contributed by atoms with E-state index in [1.807, 2.05) is 6.07 Å². The van der Waals surface area contributed by atoms with Crippen LogP contribution < -0.4 is 11.0 Å². The number of nitrogens with zero attached hydrogens (tertiary/aromatic N) is 2. The van der Waals surface area contributed by atoms with Crippen molar-refractivity contribution in [2.75, 3.05) is 11.9 Å². The Morgan fingerprint density at radius 2 is 1.86 bits per heavy atom. The summed E-state index contributed by atoms with van der Waals surface area (Å²) in [5, 5.41) is 3.58. The van der Waals surface area contributed by atoms with E-state index in [9.17, 15) is 18.0 Å². The molecule has 1 heterocycles. The fraction of sp³-hybridized carbons (Fsp3) is 0.333. The van der Waals surface area contributed by atoms with Crippen molar-refractivity contribution in [3.63, 3.8) is 0 Å². The zero-order chi connectivity index (χ0) is 20.5. The summed E-state index contributed by atoms with van der Waals surface area (Å²) in [5.41, 5.74) is 0.0362. The molecule has 0 atom stereocenters. The van der Waals surface area contributed by atoms with Crippen molar-refractivity contribution in [3.8, 4) is 5.69 Å². The second-order valence-electron chi connectivity index (χ2n) is 7.20. The van der Waals surface area contributed by atoms with E-state index < -0.39 is 17.4 Å². The number of alkyl halides is 3. The average Bonchev–Trinajstić information content (AvgIpc) is 2.61. The summed E-state index contributed by atoms with van der Waals surface area (Å²) < 4.78 is 41.2. The van der Waals surface area contributed by atoms with Gasteiger partial charge in [0.25, 0.3) is 0 Å². The van der Waals surface area contributed by atoms with Gasteiger partial charge >= 0.3 is 11.9 Å². The van der Waals surface area contributed by atoms with Crippen LogP contribution in [0.1, 0.15) is 31.4 Å². The maximum absolute atomic E-state index is 13.3. The standard InChI is InChI=1S/C21H22F3N3O/c1-13(2)10-11-25-19-16-9-8-15(21(22,23)24)12-18(16)27(20(28)26-19)17-7-5-4-6-14(17)3/h4-9,12-13H,10-11H2,1-3H3,(H,25,26,28). The minimum absolute atomic E-state index is 0.177. The van der Waals surface area contributed by atoms with Crippen LogP contribution in [0.25, 0.3) is 16.6 Å². The first kappa shape index (κ1) is 19.9. The number of anilines is 1. The van der Waals surface area contributed by atoms with Crippen LogP contribution in [0.3, 0.4) is 0 Å². The second-order valence-corrected chi connectivity index (χ2v) is 7.20. The number of hydrogen-bond donors (Lipinski definition) is 1. The summed E-state index contributed by atoms with van der Waals surface area (Å²) in [7, 11) is 0. The summed E-state index contributed by atoms with van der Waals surface area (Å²) in [6.45, 7) is 6.52. The Morgan fingerprint density at radius 1 is 1.14 bits per heavy atom. The van der Waals surface area contributed by atoms with Crippen molar-refractivity contribution >= 4 is 16.7 Å². The number of fused-ring (bicyclic) bond motifs is 1. The highest BCUT2D eigenvalue weighted by Crippen LogP contribution is 2.33. The number of para-hydroxylation sites is 1. The first-order valence-corrected chi connectivity index (χ1v) is 9.12. The first-order chi connectivity index (χ1) is 13.2. The molecule has 0 bridgehead atoms. The van der Waals surface area contributed by atoms with Gasteiger partial charge in [0.1, 0.15) is 5.82 Å². The van der Waals surface area contributed by atoms with E-state index in [4.69, 9.17) is 0 Å². The van der Waals surface area contributed by atoms with Gasteiger partial charge in [0, 0.05) is 11.9 Å². The molecule has 1 aromatic heterocycles. The van der Waals surface area contributed by atoms with Crippen molar-refractivity contribution in [1.82, 2.24) is 9.55 Å². The largest absolute Gasteiger partial charge is 0.416 e. The third kappa shape index (κ3) is 4.03. The number of rotatable bonds is 5. The molecule has 28 heavy (non-hydrogen) atoms. The van der Waals surface area contributed by atoms with Crippen LogP contribution in [-0.2, 0) is 6.18 Å². The van der Waals surface area contributed by atoms with Crippen LogP contribution >= 0.6 is 0 Å². The van der Waals surface area contributed by atoms with Crippen LogP contribution in [-0.4, -0.2) is 16.1 Å². The average molecular weight is 389 g/mol. The number of benzene rings is 2. The molecule has 0 aliphatic heterocycles. The van der Waals surface area contributed by atoms with Crippen molar-refractivity contribution in [1.29, 1.82) is 0 Å². The summed E-state index contributed by atoms with van der Waals surface area (Å²) in [6, 6.07) is 10.4. The van der Waals surface area contributed by atoms with Crippen molar-refractivity contribution in [2.24, 2.45) is 5.92 Å². The van der Waals surface area contributed by atoms with Crippen molar-refractivity contribution in [2.45, 2.75) is 33.4 Å². The van der Waals surface area contributed by atoms with E-state index in [0.29, 0.717) is 29.4 Å². The van der Waals surface area contributed by atoms with Gasteiger partial charge in [-0.3, -0.25) is 4.57 Å². The number of nitrogens with one attached hydrogen (secondary N) is 1. The summed E-state index contributed by atoms with van der Waals surface area (Å²) in [6.07, 6.45) is -3.65. The Hall–Kier alpha value is -2.83. The molecule has 3 aromatic rings. The van der Waals surface area contributed by atoms with Crippen molar-refractivity contribution in [3.05, 3.63) is 64.1 Å². The highest BCUT2D eigenvalue weighted by molar-refractivity contribution is 5.91. The topological polar surface area (TPSA) is 46.9 Å². The quantitative estimate of drug-likeness (QED) is 0.655. The lowest BCUT2D eigenvalue weighted by Crippen LogP contribution is -2.25. The van der Waals surface area contributed by atoms with Crippen LogP contribution in [0.2, 0.25) is 0 Å². The number of halogens is 3. The number of hydrogen-bond acceptors (Lipinski definition) is 3. The SMILES string of the molecule is Cc1ccccc1-n1c(=O)nc(NCCC(C)C)c2ccc(C(F)(F)F)cc21. The molecular weight excluding hydrogens is 367 g/mol. The molecule has 0 aliphatic rings. The highest BCUT2D eigenvalue weighted by Gasteiger charge is 2.31. The molecule has 7 heteroatoms. The van der Waals surface area contributed by atoms with E-state index in [2.05, 4.69) is 24.1 Å².